The van der Waals surface area contributed by atoms with E-state index in [1.807, 2.05) is 0 Å². The van der Waals surface area contributed by atoms with E-state index in [1.165, 1.54) is 6.07 Å². The summed E-state index contributed by atoms with van der Waals surface area (Å²) in [5, 5.41) is 16.1. The number of nitrogens with zero attached hydrogens (tertiary/aromatic N) is 1. The maximum absolute atomic E-state index is 13.2. The lowest BCUT2D eigenvalue weighted by molar-refractivity contribution is -0.387. The number of halogens is 2. The SMILES string of the molecule is Cc1c(Cl)cccc1NC(=O)Nc1ccc(F)c([N+](=O)[O-])c1. The zero-order valence-electron chi connectivity index (χ0n) is 11.4. The molecule has 0 saturated carbocycles. The van der Waals surface area contributed by atoms with Gasteiger partial charge in [-0.25, -0.2) is 4.79 Å². The van der Waals surface area contributed by atoms with E-state index in [-0.39, 0.29) is 5.69 Å². The van der Waals surface area contributed by atoms with Gasteiger partial charge in [0.2, 0.25) is 5.82 Å². The van der Waals surface area contributed by atoms with Crippen LogP contribution in [0.4, 0.5) is 26.2 Å². The normalized spacial score (nSPS) is 10.1. The molecule has 2 amide bonds. The molecule has 0 radical (unpaired) electrons. The van der Waals surface area contributed by atoms with Gasteiger partial charge in [-0.3, -0.25) is 10.1 Å². The van der Waals surface area contributed by atoms with Gasteiger partial charge in [0.15, 0.2) is 0 Å². The van der Waals surface area contributed by atoms with Gasteiger partial charge < -0.3 is 10.6 Å². The first kappa shape index (κ1) is 15.7. The van der Waals surface area contributed by atoms with Gasteiger partial charge in [-0.15, -0.1) is 0 Å². The molecule has 2 aromatic rings. The third-order valence-electron chi connectivity index (χ3n) is 2.92. The Morgan fingerprint density at radius 1 is 1.27 bits per heavy atom. The molecule has 0 saturated heterocycles. The molecular formula is C14H11ClFN3O3. The van der Waals surface area contributed by atoms with Gasteiger partial charge in [-0.1, -0.05) is 17.7 Å². The Bertz CT molecular complexity index is 752. The van der Waals surface area contributed by atoms with Crippen molar-refractivity contribution in [1.82, 2.24) is 0 Å². The van der Waals surface area contributed by atoms with Crippen LogP contribution in [0.2, 0.25) is 5.02 Å². The van der Waals surface area contributed by atoms with Crippen molar-refractivity contribution in [2.24, 2.45) is 0 Å². The van der Waals surface area contributed by atoms with Crippen LogP contribution in [0.1, 0.15) is 5.56 Å². The number of urea groups is 1. The van der Waals surface area contributed by atoms with E-state index >= 15 is 0 Å². The highest BCUT2D eigenvalue weighted by molar-refractivity contribution is 6.31. The molecule has 0 aliphatic rings. The molecule has 0 heterocycles. The third-order valence-corrected chi connectivity index (χ3v) is 3.33. The van der Waals surface area contributed by atoms with Gasteiger partial charge in [0.05, 0.1) is 4.92 Å². The molecule has 2 N–H and O–H groups in total. The number of nitrogens with one attached hydrogen (secondary N) is 2. The molecule has 22 heavy (non-hydrogen) atoms. The van der Waals surface area contributed by atoms with Crippen LogP contribution < -0.4 is 10.6 Å². The first-order chi connectivity index (χ1) is 10.4. The molecule has 0 atom stereocenters. The van der Waals surface area contributed by atoms with E-state index in [1.54, 1.807) is 25.1 Å². The first-order valence-electron chi connectivity index (χ1n) is 6.15. The lowest BCUT2D eigenvalue weighted by Crippen LogP contribution is -2.20. The Hall–Kier alpha value is -2.67. The second kappa shape index (κ2) is 6.40. The van der Waals surface area contributed by atoms with Gasteiger partial charge in [0, 0.05) is 22.5 Å². The Labute approximate surface area is 130 Å². The van der Waals surface area contributed by atoms with Gasteiger partial charge in [-0.05, 0) is 36.8 Å². The number of carbonyl (C=O) groups excluding carboxylic acids is 1. The predicted molar refractivity (Wildman–Crippen MR) is 81.9 cm³/mol. The zero-order chi connectivity index (χ0) is 16.3. The highest BCUT2D eigenvalue weighted by atomic mass is 35.5. The third kappa shape index (κ3) is 3.50. The summed E-state index contributed by atoms with van der Waals surface area (Å²) in [5.74, 6) is -0.971. The molecule has 114 valence electrons. The Kier molecular flexibility index (Phi) is 4.57. The summed E-state index contributed by atoms with van der Waals surface area (Å²) in [5.41, 5.74) is 0.577. The molecule has 0 bridgehead atoms. The van der Waals surface area contributed by atoms with Crippen LogP contribution in [-0.2, 0) is 0 Å². The minimum atomic E-state index is -0.971. The molecule has 8 heteroatoms. The minimum Gasteiger partial charge on any atom is -0.307 e. The number of rotatable bonds is 3. The van der Waals surface area contributed by atoms with Gasteiger partial charge >= 0.3 is 11.7 Å². The van der Waals surface area contributed by atoms with E-state index in [0.29, 0.717) is 16.3 Å². The smallest absolute Gasteiger partial charge is 0.307 e. The summed E-state index contributed by atoms with van der Waals surface area (Å²) in [6.45, 7) is 1.74. The fourth-order valence-corrected chi connectivity index (χ4v) is 1.93. The summed E-state index contributed by atoms with van der Waals surface area (Å²) < 4.78 is 13.2. The lowest BCUT2D eigenvalue weighted by atomic mass is 10.2. The van der Waals surface area contributed by atoms with Gasteiger partial charge in [-0.2, -0.15) is 4.39 Å². The van der Waals surface area contributed by atoms with Gasteiger partial charge in [0.25, 0.3) is 0 Å². The molecule has 2 aromatic carbocycles. The predicted octanol–water partition coefficient (Wildman–Crippen LogP) is 4.34. The van der Waals surface area contributed by atoms with Crippen LogP contribution >= 0.6 is 11.6 Å². The number of amides is 2. The summed E-state index contributed by atoms with van der Waals surface area (Å²) in [6, 6.07) is 7.49. The first-order valence-corrected chi connectivity index (χ1v) is 6.53. The number of hydrogen-bond acceptors (Lipinski definition) is 3. The Morgan fingerprint density at radius 3 is 2.68 bits per heavy atom. The number of nitro groups is 1. The standard InChI is InChI=1S/C14H11ClFN3O3/c1-8-10(15)3-2-4-12(8)18-14(20)17-9-5-6-11(16)13(7-9)19(21)22/h2-7H,1H3,(H2,17,18,20). The second-order valence-corrected chi connectivity index (χ2v) is 4.82. The summed E-state index contributed by atoms with van der Waals surface area (Å²) >= 11 is 5.94. The van der Waals surface area contributed by atoms with Crippen LogP contribution in [0.5, 0.6) is 0 Å². The molecule has 0 aromatic heterocycles. The maximum Gasteiger partial charge on any atom is 0.323 e. The average molecular weight is 324 g/mol. The number of carbonyl (C=O) groups is 1. The van der Waals surface area contributed by atoms with Crippen molar-refractivity contribution in [1.29, 1.82) is 0 Å². The molecular weight excluding hydrogens is 313 g/mol. The van der Waals surface area contributed by atoms with Gasteiger partial charge in [0.1, 0.15) is 0 Å². The molecule has 0 aliphatic heterocycles. The summed E-state index contributed by atoms with van der Waals surface area (Å²) in [4.78, 5) is 21.7. The molecule has 6 nitrogen and oxygen atoms in total. The Balaban J connectivity index is 2.14. The molecule has 2 rings (SSSR count). The van der Waals surface area contributed by atoms with Crippen LogP contribution in [0.3, 0.4) is 0 Å². The largest absolute Gasteiger partial charge is 0.323 e. The van der Waals surface area contributed by atoms with Crippen molar-refractivity contribution >= 4 is 34.7 Å². The second-order valence-electron chi connectivity index (χ2n) is 4.41. The van der Waals surface area contributed by atoms with E-state index in [0.717, 1.165) is 12.1 Å². The summed E-state index contributed by atoms with van der Waals surface area (Å²) in [7, 11) is 0. The highest BCUT2D eigenvalue weighted by Crippen LogP contribution is 2.24. The number of nitro benzene ring substituents is 1. The fraction of sp³-hybridized carbons (Fsp3) is 0.0714. The van der Waals surface area contributed by atoms with E-state index in [2.05, 4.69) is 10.6 Å². The molecule has 0 spiro atoms. The molecule has 0 unspecified atom stereocenters. The van der Waals surface area contributed by atoms with Crippen LogP contribution in [0.25, 0.3) is 0 Å². The quantitative estimate of drug-likeness (QED) is 0.651. The summed E-state index contributed by atoms with van der Waals surface area (Å²) in [6.07, 6.45) is 0. The monoisotopic (exact) mass is 323 g/mol. The number of anilines is 2. The van der Waals surface area contributed by atoms with E-state index in [9.17, 15) is 19.3 Å². The van der Waals surface area contributed by atoms with E-state index < -0.39 is 22.5 Å². The average Bonchev–Trinajstić information content (AvgIpc) is 2.45. The van der Waals surface area contributed by atoms with Crippen molar-refractivity contribution in [3.05, 3.63) is 62.9 Å². The Morgan fingerprint density at radius 2 is 2.00 bits per heavy atom. The number of hydrogen-bond donors (Lipinski definition) is 2. The van der Waals surface area contributed by atoms with Crippen LogP contribution in [-0.4, -0.2) is 11.0 Å². The van der Waals surface area contributed by atoms with Crippen LogP contribution in [0, 0.1) is 22.9 Å². The molecule has 0 fully saturated rings. The highest BCUT2D eigenvalue weighted by Gasteiger charge is 2.15. The fourth-order valence-electron chi connectivity index (χ4n) is 1.76. The van der Waals surface area contributed by atoms with Crippen molar-refractivity contribution in [2.45, 2.75) is 6.92 Å². The maximum atomic E-state index is 13.2. The van der Waals surface area contributed by atoms with E-state index in [4.69, 9.17) is 11.6 Å². The molecule has 0 aliphatic carbocycles. The lowest BCUT2D eigenvalue weighted by Gasteiger charge is -2.10. The minimum absolute atomic E-state index is 0.102. The van der Waals surface area contributed by atoms with Crippen molar-refractivity contribution in [3.63, 3.8) is 0 Å². The van der Waals surface area contributed by atoms with Crippen molar-refractivity contribution in [2.75, 3.05) is 10.6 Å². The van der Waals surface area contributed by atoms with Crippen LogP contribution in [0.15, 0.2) is 36.4 Å². The van der Waals surface area contributed by atoms with Crippen molar-refractivity contribution in [3.8, 4) is 0 Å². The van der Waals surface area contributed by atoms with Crippen molar-refractivity contribution < 1.29 is 14.1 Å². The topological polar surface area (TPSA) is 84.3 Å². The number of benzene rings is 2. The zero-order valence-corrected chi connectivity index (χ0v) is 12.1.